The fourth-order valence-corrected chi connectivity index (χ4v) is 2.50. The number of benzene rings is 2. The van der Waals surface area contributed by atoms with Crippen LogP contribution in [0.15, 0.2) is 76.8 Å². The van der Waals surface area contributed by atoms with Crippen LogP contribution >= 0.6 is 0 Å². The van der Waals surface area contributed by atoms with Gasteiger partial charge in [-0.1, -0.05) is 48.5 Å². The molecule has 0 saturated heterocycles. The van der Waals surface area contributed by atoms with E-state index in [1.54, 1.807) is 37.3 Å². The van der Waals surface area contributed by atoms with Crippen LogP contribution in [0.1, 0.15) is 21.7 Å². The first-order valence-corrected chi connectivity index (χ1v) is 8.02. The van der Waals surface area contributed by atoms with E-state index in [2.05, 4.69) is 5.32 Å². The SMILES string of the molecule is Cc1ccccc1C(=O)N/C(=C\c1ccc(-c2ccccc2)o1)C(=O)O. The highest BCUT2D eigenvalue weighted by atomic mass is 16.4. The molecular formula is C21H17NO4. The van der Waals surface area contributed by atoms with E-state index in [1.165, 1.54) is 6.08 Å². The van der Waals surface area contributed by atoms with Crippen LogP contribution in [0.4, 0.5) is 0 Å². The maximum atomic E-state index is 12.4. The van der Waals surface area contributed by atoms with Gasteiger partial charge in [0.25, 0.3) is 5.91 Å². The summed E-state index contributed by atoms with van der Waals surface area (Å²) in [5.41, 5.74) is 1.81. The number of carbonyl (C=O) groups is 2. The van der Waals surface area contributed by atoms with Crippen LogP contribution in [0.25, 0.3) is 17.4 Å². The van der Waals surface area contributed by atoms with Crippen molar-refractivity contribution in [2.75, 3.05) is 0 Å². The molecule has 130 valence electrons. The number of carboxylic acid groups (broad SMARTS) is 1. The molecule has 0 spiro atoms. The van der Waals surface area contributed by atoms with Crippen molar-refractivity contribution in [3.63, 3.8) is 0 Å². The van der Waals surface area contributed by atoms with Crippen molar-refractivity contribution in [2.24, 2.45) is 0 Å². The minimum Gasteiger partial charge on any atom is -0.477 e. The van der Waals surface area contributed by atoms with E-state index >= 15 is 0 Å². The highest BCUT2D eigenvalue weighted by molar-refractivity contribution is 6.03. The van der Waals surface area contributed by atoms with Crippen molar-refractivity contribution in [2.45, 2.75) is 6.92 Å². The van der Waals surface area contributed by atoms with Crippen LogP contribution in [0.2, 0.25) is 0 Å². The Hall–Kier alpha value is -3.60. The van der Waals surface area contributed by atoms with Gasteiger partial charge in [0.2, 0.25) is 0 Å². The van der Waals surface area contributed by atoms with Crippen LogP contribution in [0.5, 0.6) is 0 Å². The van der Waals surface area contributed by atoms with Crippen molar-refractivity contribution >= 4 is 18.0 Å². The van der Waals surface area contributed by atoms with E-state index in [0.717, 1.165) is 11.1 Å². The van der Waals surface area contributed by atoms with Crippen LogP contribution < -0.4 is 5.32 Å². The summed E-state index contributed by atoms with van der Waals surface area (Å²) in [6, 6.07) is 19.8. The minimum absolute atomic E-state index is 0.257. The fourth-order valence-electron chi connectivity index (χ4n) is 2.50. The lowest BCUT2D eigenvalue weighted by atomic mass is 10.1. The second-order valence-electron chi connectivity index (χ2n) is 5.70. The Morgan fingerprint density at radius 2 is 1.65 bits per heavy atom. The van der Waals surface area contributed by atoms with Gasteiger partial charge in [-0.05, 0) is 30.7 Å². The van der Waals surface area contributed by atoms with Crippen LogP contribution in [0, 0.1) is 6.92 Å². The van der Waals surface area contributed by atoms with Gasteiger partial charge in [0.15, 0.2) is 0 Å². The molecule has 3 rings (SSSR count). The van der Waals surface area contributed by atoms with Gasteiger partial charge in [0, 0.05) is 17.2 Å². The number of aryl methyl sites for hydroxylation is 1. The number of hydrogen-bond acceptors (Lipinski definition) is 3. The highest BCUT2D eigenvalue weighted by Crippen LogP contribution is 2.23. The number of amides is 1. The van der Waals surface area contributed by atoms with E-state index in [9.17, 15) is 14.7 Å². The highest BCUT2D eigenvalue weighted by Gasteiger charge is 2.15. The third-order valence-corrected chi connectivity index (χ3v) is 3.84. The van der Waals surface area contributed by atoms with Crippen molar-refractivity contribution in [1.29, 1.82) is 0 Å². The molecule has 0 atom stereocenters. The van der Waals surface area contributed by atoms with Gasteiger partial charge >= 0.3 is 5.97 Å². The monoisotopic (exact) mass is 347 g/mol. The average Bonchev–Trinajstić information content (AvgIpc) is 3.11. The molecule has 0 unspecified atom stereocenters. The molecule has 1 heterocycles. The summed E-state index contributed by atoms with van der Waals surface area (Å²) in [5.74, 6) is -0.769. The number of carboxylic acids is 1. The van der Waals surface area contributed by atoms with E-state index < -0.39 is 11.9 Å². The van der Waals surface area contributed by atoms with Crippen LogP contribution in [-0.2, 0) is 4.79 Å². The van der Waals surface area contributed by atoms with Crippen LogP contribution in [-0.4, -0.2) is 17.0 Å². The van der Waals surface area contributed by atoms with E-state index in [0.29, 0.717) is 17.1 Å². The molecule has 26 heavy (non-hydrogen) atoms. The summed E-state index contributed by atoms with van der Waals surface area (Å²) in [6.45, 7) is 1.79. The summed E-state index contributed by atoms with van der Waals surface area (Å²) in [5, 5.41) is 11.8. The second-order valence-corrected chi connectivity index (χ2v) is 5.70. The summed E-state index contributed by atoms with van der Waals surface area (Å²) in [7, 11) is 0. The molecule has 1 aromatic heterocycles. The van der Waals surface area contributed by atoms with Gasteiger partial charge in [-0.2, -0.15) is 0 Å². The first kappa shape index (κ1) is 17.2. The molecule has 5 nitrogen and oxygen atoms in total. The molecule has 3 aromatic rings. The first-order valence-electron chi connectivity index (χ1n) is 8.02. The summed E-state index contributed by atoms with van der Waals surface area (Å²) in [6.07, 6.45) is 1.30. The normalized spacial score (nSPS) is 11.2. The lowest BCUT2D eigenvalue weighted by molar-refractivity contribution is -0.132. The molecule has 0 bridgehead atoms. The predicted octanol–water partition coefficient (Wildman–Crippen LogP) is 4.11. The third-order valence-electron chi connectivity index (χ3n) is 3.84. The Kier molecular flexibility index (Phi) is 4.99. The molecule has 0 aliphatic carbocycles. The zero-order chi connectivity index (χ0) is 18.5. The van der Waals surface area contributed by atoms with Crippen molar-refractivity contribution < 1.29 is 19.1 Å². The zero-order valence-corrected chi connectivity index (χ0v) is 14.1. The zero-order valence-electron chi connectivity index (χ0n) is 14.1. The molecule has 5 heteroatoms. The van der Waals surface area contributed by atoms with Gasteiger partial charge in [0.05, 0.1) is 0 Å². The third kappa shape index (κ3) is 3.89. The van der Waals surface area contributed by atoms with E-state index in [1.807, 2.05) is 36.4 Å². The molecular weight excluding hydrogens is 330 g/mol. The number of rotatable bonds is 5. The number of carbonyl (C=O) groups excluding carboxylic acids is 1. The maximum Gasteiger partial charge on any atom is 0.352 e. The quantitative estimate of drug-likeness (QED) is 0.681. The number of nitrogens with one attached hydrogen (secondary N) is 1. The van der Waals surface area contributed by atoms with Gasteiger partial charge in [-0.25, -0.2) is 4.79 Å². The molecule has 1 amide bonds. The Bertz CT molecular complexity index is 970. The number of furan rings is 1. The van der Waals surface area contributed by atoms with Crippen molar-refractivity contribution in [3.05, 3.63) is 89.3 Å². The molecule has 2 aromatic carbocycles. The average molecular weight is 347 g/mol. The first-order chi connectivity index (χ1) is 12.5. The lowest BCUT2D eigenvalue weighted by Crippen LogP contribution is -2.27. The van der Waals surface area contributed by atoms with Gasteiger partial charge in [-0.3, -0.25) is 4.79 Å². The van der Waals surface area contributed by atoms with E-state index in [-0.39, 0.29) is 5.70 Å². The standard InChI is InChI=1S/C21H17NO4/c1-14-7-5-6-10-17(14)20(23)22-18(21(24)25)13-16-11-12-19(26-16)15-8-3-2-4-9-15/h2-13H,1H3,(H,22,23)(H,24,25)/b18-13-. The van der Waals surface area contributed by atoms with E-state index in [4.69, 9.17) is 4.42 Å². The second kappa shape index (κ2) is 7.53. The molecule has 2 N–H and O–H groups in total. The largest absolute Gasteiger partial charge is 0.477 e. The summed E-state index contributed by atoms with van der Waals surface area (Å²) >= 11 is 0. The maximum absolute atomic E-state index is 12.4. The Morgan fingerprint density at radius 3 is 2.35 bits per heavy atom. The molecule has 0 aliphatic heterocycles. The number of aliphatic carboxylic acids is 1. The lowest BCUT2D eigenvalue weighted by Gasteiger charge is -2.07. The summed E-state index contributed by atoms with van der Waals surface area (Å²) in [4.78, 5) is 23.9. The fraction of sp³-hybridized carbons (Fsp3) is 0.0476. The van der Waals surface area contributed by atoms with Gasteiger partial charge < -0.3 is 14.8 Å². The number of hydrogen-bond donors (Lipinski definition) is 2. The molecule has 0 radical (unpaired) electrons. The summed E-state index contributed by atoms with van der Waals surface area (Å²) < 4.78 is 5.67. The van der Waals surface area contributed by atoms with Gasteiger partial charge in [-0.15, -0.1) is 0 Å². The topological polar surface area (TPSA) is 79.5 Å². The van der Waals surface area contributed by atoms with Crippen molar-refractivity contribution in [3.8, 4) is 11.3 Å². The van der Waals surface area contributed by atoms with Crippen LogP contribution in [0.3, 0.4) is 0 Å². The molecule has 0 aliphatic rings. The Morgan fingerprint density at radius 1 is 0.962 bits per heavy atom. The molecule has 0 fully saturated rings. The van der Waals surface area contributed by atoms with Crippen molar-refractivity contribution in [1.82, 2.24) is 5.32 Å². The Labute approximate surface area is 150 Å². The molecule has 0 saturated carbocycles. The minimum atomic E-state index is -1.25. The van der Waals surface area contributed by atoms with Gasteiger partial charge in [0.1, 0.15) is 17.2 Å². The Balaban J connectivity index is 1.84. The predicted molar refractivity (Wildman–Crippen MR) is 98.4 cm³/mol. The smallest absolute Gasteiger partial charge is 0.352 e.